The van der Waals surface area contributed by atoms with Crippen molar-refractivity contribution in [2.75, 3.05) is 5.73 Å². The van der Waals surface area contributed by atoms with Gasteiger partial charge in [-0.15, -0.1) is 0 Å². The fourth-order valence-electron chi connectivity index (χ4n) is 3.48. The van der Waals surface area contributed by atoms with E-state index in [1.54, 1.807) is 0 Å². The second kappa shape index (κ2) is 5.92. The number of hydrogen-bond acceptors (Lipinski definition) is 2. The molecule has 0 spiro atoms. The number of aromatic nitrogens is 2. The molecule has 112 valence electrons. The van der Waals surface area contributed by atoms with E-state index in [9.17, 15) is 0 Å². The highest BCUT2D eigenvalue weighted by molar-refractivity contribution is 5.40. The lowest BCUT2D eigenvalue weighted by atomic mass is 9.96. The van der Waals surface area contributed by atoms with Gasteiger partial charge in [0, 0.05) is 13.0 Å². The molecule has 1 saturated carbocycles. The van der Waals surface area contributed by atoms with Crippen molar-refractivity contribution >= 4 is 5.82 Å². The summed E-state index contributed by atoms with van der Waals surface area (Å²) in [7, 11) is 2.06. The Labute approximate surface area is 127 Å². The molecule has 1 aliphatic rings. The maximum absolute atomic E-state index is 6.30. The molecule has 0 saturated heterocycles. The molecule has 3 rings (SSSR count). The minimum atomic E-state index is 0.444. The van der Waals surface area contributed by atoms with E-state index in [4.69, 9.17) is 10.7 Å². The van der Waals surface area contributed by atoms with Gasteiger partial charge in [0.1, 0.15) is 11.6 Å². The molecule has 1 aromatic heterocycles. The van der Waals surface area contributed by atoms with Gasteiger partial charge in [-0.25, -0.2) is 4.98 Å². The number of imidazole rings is 1. The Morgan fingerprint density at radius 2 is 1.90 bits per heavy atom. The normalized spacial score (nSPS) is 17.2. The molecule has 1 aromatic carbocycles. The summed E-state index contributed by atoms with van der Waals surface area (Å²) in [4.78, 5) is 4.89. The number of nitrogen functional groups attached to an aromatic ring is 1. The van der Waals surface area contributed by atoms with Gasteiger partial charge in [0.2, 0.25) is 0 Å². The fourth-order valence-corrected chi connectivity index (χ4v) is 3.48. The lowest BCUT2D eigenvalue weighted by molar-refractivity contribution is 0.632. The van der Waals surface area contributed by atoms with E-state index in [2.05, 4.69) is 48.9 Å². The number of hydrogen-bond donors (Lipinski definition) is 1. The van der Waals surface area contributed by atoms with Crippen molar-refractivity contribution in [3.8, 4) is 0 Å². The molecule has 0 aliphatic heterocycles. The van der Waals surface area contributed by atoms with Gasteiger partial charge in [0.15, 0.2) is 0 Å². The summed E-state index contributed by atoms with van der Waals surface area (Å²) in [5.41, 5.74) is 8.72. The van der Waals surface area contributed by atoms with E-state index >= 15 is 0 Å². The SMILES string of the molecule is CC(Cc1nc(C2CCCC2)n(C)c1N)c1ccccc1. The standard InChI is InChI=1S/C18H25N3/c1-13(14-8-4-3-5-9-14)12-16-17(19)21(2)18(20-16)15-10-6-7-11-15/h3-5,8-9,13,15H,6-7,10-12,19H2,1-2H3. The van der Waals surface area contributed by atoms with E-state index in [0.717, 1.165) is 17.9 Å². The molecule has 1 heterocycles. The summed E-state index contributed by atoms with van der Waals surface area (Å²) in [6.07, 6.45) is 6.09. The zero-order valence-corrected chi connectivity index (χ0v) is 13.0. The molecule has 1 aliphatic carbocycles. The molecule has 1 atom stereocenters. The van der Waals surface area contributed by atoms with Gasteiger partial charge < -0.3 is 10.3 Å². The Hall–Kier alpha value is -1.77. The van der Waals surface area contributed by atoms with Crippen LogP contribution in [0.1, 0.15) is 61.5 Å². The average Bonchev–Trinajstić information content (AvgIpc) is 3.12. The van der Waals surface area contributed by atoms with Gasteiger partial charge in [-0.3, -0.25) is 0 Å². The minimum Gasteiger partial charge on any atom is -0.384 e. The van der Waals surface area contributed by atoms with Crippen LogP contribution in [-0.4, -0.2) is 9.55 Å². The Morgan fingerprint density at radius 1 is 1.24 bits per heavy atom. The summed E-state index contributed by atoms with van der Waals surface area (Å²) in [6.45, 7) is 2.25. The third-order valence-electron chi connectivity index (χ3n) is 4.84. The van der Waals surface area contributed by atoms with Gasteiger partial charge in [-0.2, -0.15) is 0 Å². The molecule has 0 radical (unpaired) electrons. The van der Waals surface area contributed by atoms with E-state index in [0.29, 0.717) is 11.8 Å². The number of nitrogens with two attached hydrogens (primary N) is 1. The van der Waals surface area contributed by atoms with Gasteiger partial charge in [-0.1, -0.05) is 50.1 Å². The first-order chi connectivity index (χ1) is 10.2. The highest BCUT2D eigenvalue weighted by Gasteiger charge is 2.24. The Bertz CT molecular complexity index is 594. The van der Waals surface area contributed by atoms with Gasteiger partial charge in [0.25, 0.3) is 0 Å². The first kappa shape index (κ1) is 14.2. The number of nitrogens with zero attached hydrogens (tertiary/aromatic N) is 2. The molecule has 1 fully saturated rings. The van der Waals surface area contributed by atoms with Gasteiger partial charge in [-0.05, 0) is 30.7 Å². The van der Waals surface area contributed by atoms with Crippen molar-refractivity contribution in [2.45, 2.75) is 50.9 Å². The fraction of sp³-hybridized carbons (Fsp3) is 0.500. The Kier molecular flexibility index (Phi) is 4.00. The summed E-state index contributed by atoms with van der Waals surface area (Å²) in [6, 6.07) is 10.6. The van der Waals surface area contributed by atoms with Crippen molar-refractivity contribution < 1.29 is 0 Å². The predicted molar refractivity (Wildman–Crippen MR) is 87.4 cm³/mol. The molecule has 0 bridgehead atoms. The van der Waals surface area contributed by atoms with Crippen LogP contribution < -0.4 is 5.73 Å². The highest BCUT2D eigenvalue weighted by atomic mass is 15.1. The lowest BCUT2D eigenvalue weighted by Crippen LogP contribution is -2.05. The Balaban J connectivity index is 1.81. The van der Waals surface area contributed by atoms with Crippen LogP contribution in [0.15, 0.2) is 30.3 Å². The number of rotatable bonds is 4. The van der Waals surface area contributed by atoms with Crippen LogP contribution in [0.5, 0.6) is 0 Å². The van der Waals surface area contributed by atoms with Crippen LogP contribution in [0.2, 0.25) is 0 Å². The third kappa shape index (κ3) is 2.82. The van der Waals surface area contributed by atoms with Crippen molar-refractivity contribution in [1.82, 2.24) is 9.55 Å². The molecule has 1 unspecified atom stereocenters. The first-order valence-electron chi connectivity index (χ1n) is 8.02. The molecule has 21 heavy (non-hydrogen) atoms. The zero-order chi connectivity index (χ0) is 14.8. The van der Waals surface area contributed by atoms with Crippen LogP contribution in [-0.2, 0) is 13.5 Å². The second-order valence-electron chi connectivity index (χ2n) is 6.36. The van der Waals surface area contributed by atoms with Crippen LogP contribution >= 0.6 is 0 Å². The topological polar surface area (TPSA) is 43.8 Å². The molecular formula is C18H25N3. The maximum Gasteiger partial charge on any atom is 0.126 e. The third-order valence-corrected chi connectivity index (χ3v) is 4.84. The lowest BCUT2D eigenvalue weighted by Gasteiger charge is -2.10. The number of benzene rings is 1. The Morgan fingerprint density at radius 3 is 2.57 bits per heavy atom. The second-order valence-corrected chi connectivity index (χ2v) is 6.36. The van der Waals surface area contributed by atoms with Crippen molar-refractivity contribution in [3.63, 3.8) is 0 Å². The van der Waals surface area contributed by atoms with Crippen LogP contribution in [0.25, 0.3) is 0 Å². The molecule has 3 heteroatoms. The average molecular weight is 283 g/mol. The van der Waals surface area contributed by atoms with Crippen molar-refractivity contribution in [3.05, 3.63) is 47.4 Å². The monoisotopic (exact) mass is 283 g/mol. The van der Waals surface area contributed by atoms with Crippen LogP contribution in [0.4, 0.5) is 5.82 Å². The van der Waals surface area contributed by atoms with Crippen LogP contribution in [0, 0.1) is 0 Å². The van der Waals surface area contributed by atoms with E-state index in [-0.39, 0.29) is 0 Å². The maximum atomic E-state index is 6.30. The van der Waals surface area contributed by atoms with Crippen molar-refractivity contribution in [1.29, 1.82) is 0 Å². The first-order valence-corrected chi connectivity index (χ1v) is 8.02. The molecule has 2 N–H and O–H groups in total. The van der Waals surface area contributed by atoms with E-state index < -0.39 is 0 Å². The quantitative estimate of drug-likeness (QED) is 0.921. The predicted octanol–water partition coefficient (Wildman–Crippen LogP) is 4.01. The largest absolute Gasteiger partial charge is 0.384 e. The van der Waals surface area contributed by atoms with E-state index in [1.165, 1.54) is 37.1 Å². The van der Waals surface area contributed by atoms with E-state index in [1.807, 2.05) is 0 Å². The summed E-state index contributed by atoms with van der Waals surface area (Å²) in [5, 5.41) is 0. The summed E-state index contributed by atoms with van der Waals surface area (Å²) >= 11 is 0. The van der Waals surface area contributed by atoms with Crippen molar-refractivity contribution in [2.24, 2.45) is 7.05 Å². The summed E-state index contributed by atoms with van der Waals surface area (Å²) < 4.78 is 2.11. The van der Waals surface area contributed by atoms with Gasteiger partial charge in [0.05, 0.1) is 5.69 Å². The zero-order valence-electron chi connectivity index (χ0n) is 13.0. The highest BCUT2D eigenvalue weighted by Crippen LogP contribution is 2.35. The summed E-state index contributed by atoms with van der Waals surface area (Å²) in [5.74, 6) is 3.10. The molecule has 0 amide bonds. The van der Waals surface area contributed by atoms with Crippen LogP contribution in [0.3, 0.4) is 0 Å². The number of anilines is 1. The molecule has 3 nitrogen and oxygen atoms in total. The van der Waals surface area contributed by atoms with Gasteiger partial charge >= 0.3 is 0 Å². The minimum absolute atomic E-state index is 0.444. The molecule has 2 aromatic rings. The molecular weight excluding hydrogens is 258 g/mol. The smallest absolute Gasteiger partial charge is 0.126 e.